The summed E-state index contributed by atoms with van der Waals surface area (Å²) in [6.45, 7) is 9.19. The van der Waals surface area contributed by atoms with Crippen LogP contribution >= 0.6 is 0 Å². The number of likely N-dealkylation sites (tertiary alicyclic amines) is 1. The zero-order chi connectivity index (χ0) is 14.5. The first-order chi connectivity index (χ1) is 8.80. The Labute approximate surface area is 116 Å². The summed E-state index contributed by atoms with van der Waals surface area (Å²) in [6.07, 6.45) is 4.96. The molecule has 1 fully saturated rings. The Morgan fingerprint density at radius 3 is 2.47 bits per heavy atom. The lowest BCUT2D eigenvalue weighted by atomic mass is 10.1. The second-order valence-electron chi connectivity index (χ2n) is 6.11. The minimum atomic E-state index is -0.0318. The van der Waals surface area contributed by atoms with Gasteiger partial charge in [-0.3, -0.25) is 4.90 Å². The van der Waals surface area contributed by atoms with E-state index in [4.69, 9.17) is 16.2 Å². The molecule has 0 spiro atoms. The van der Waals surface area contributed by atoms with Gasteiger partial charge in [-0.1, -0.05) is 0 Å². The molecule has 0 saturated carbocycles. The third kappa shape index (κ3) is 6.50. The summed E-state index contributed by atoms with van der Waals surface area (Å²) >= 11 is 0. The summed E-state index contributed by atoms with van der Waals surface area (Å²) in [4.78, 5) is 2.33. The standard InChI is InChI=1S/C14H28N4O/c1-14(2,3)17-13(16)6-5-11(15)7-8-18-9-12(10-18)19-4/h5-6,12,17H,7-10,15-16H2,1-4H3/b11-5-,13-6+. The molecule has 5 nitrogen and oxygen atoms in total. The van der Waals surface area contributed by atoms with Crippen LogP contribution in [0.15, 0.2) is 23.7 Å². The second-order valence-corrected chi connectivity index (χ2v) is 6.11. The van der Waals surface area contributed by atoms with Crippen molar-refractivity contribution < 1.29 is 4.74 Å². The Hall–Kier alpha value is -1.20. The number of ether oxygens (including phenoxy) is 1. The number of hydrogen-bond donors (Lipinski definition) is 3. The van der Waals surface area contributed by atoms with E-state index in [0.29, 0.717) is 11.9 Å². The smallest absolute Gasteiger partial charge is 0.0964 e. The molecule has 1 heterocycles. The highest BCUT2D eigenvalue weighted by atomic mass is 16.5. The fraction of sp³-hybridized carbons (Fsp3) is 0.714. The number of methoxy groups -OCH3 is 1. The van der Waals surface area contributed by atoms with Gasteiger partial charge in [0.1, 0.15) is 0 Å². The third-order valence-electron chi connectivity index (χ3n) is 2.97. The van der Waals surface area contributed by atoms with Crippen molar-refractivity contribution in [3.05, 3.63) is 23.7 Å². The lowest BCUT2D eigenvalue weighted by Crippen LogP contribution is -2.51. The maximum absolute atomic E-state index is 5.96. The van der Waals surface area contributed by atoms with E-state index in [1.165, 1.54) is 0 Å². The lowest BCUT2D eigenvalue weighted by molar-refractivity contribution is -0.0284. The topological polar surface area (TPSA) is 76.5 Å². The van der Waals surface area contributed by atoms with Crippen molar-refractivity contribution in [2.75, 3.05) is 26.7 Å². The number of hydrogen-bond acceptors (Lipinski definition) is 5. The number of nitrogens with zero attached hydrogens (tertiary/aromatic N) is 1. The van der Waals surface area contributed by atoms with Crippen molar-refractivity contribution in [1.29, 1.82) is 0 Å². The number of nitrogens with one attached hydrogen (secondary N) is 1. The van der Waals surface area contributed by atoms with E-state index in [1.54, 1.807) is 7.11 Å². The van der Waals surface area contributed by atoms with E-state index in [9.17, 15) is 0 Å². The molecule has 5 N–H and O–H groups in total. The van der Waals surface area contributed by atoms with Crippen LogP contribution in [0, 0.1) is 0 Å². The summed E-state index contributed by atoms with van der Waals surface area (Å²) in [7, 11) is 1.76. The van der Waals surface area contributed by atoms with Crippen LogP contribution in [0.4, 0.5) is 0 Å². The van der Waals surface area contributed by atoms with Gasteiger partial charge in [0.15, 0.2) is 0 Å². The molecule has 1 rings (SSSR count). The Morgan fingerprint density at radius 2 is 1.95 bits per heavy atom. The van der Waals surface area contributed by atoms with Crippen LogP contribution in [0.2, 0.25) is 0 Å². The minimum absolute atomic E-state index is 0.0318. The molecule has 0 radical (unpaired) electrons. The van der Waals surface area contributed by atoms with Crippen LogP contribution in [-0.2, 0) is 4.74 Å². The van der Waals surface area contributed by atoms with Crippen LogP contribution in [0.5, 0.6) is 0 Å². The largest absolute Gasteiger partial charge is 0.402 e. The molecule has 0 bridgehead atoms. The zero-order valence-electron chi connectivity index (χ0n) is 12.6. The summed E-state index contributed by atoms with van der Waals surface area (Å²) in [6, 6.07) is 0. The summed E-state index contributed by atoms with van der Waals surface area (Å²) in [5.74, 6) is 0.638. The average Bonchev–Trinajstić information content (AvgIpc) is 2.22. The van der Waals surface area contributed by atoms with Crippen LogP contribution in [-0.4, -0.2) is 43.3 Å². The normalized spacial score (nSPS) is 19.4. The van der Waals surface area contributed by atoms with E-state index >= 15 is 0 Å². The molecule has 5 heteroatoms. The Balaban J connectivity index is 2.27. The fourth-order valence-corrected chi connectivity index (χ4v) is 1.90. The van der Waals surface area contributed by atoms with Crippen molar-refractivity contribution in [2.45, 2.75) is 38.8 Å². The monoisotopic (exact) mass is 268 g/mol. The van der Waals surface area contributed by atoms with Gasteiger partial charge >= 0.3 is 0 Å². The average molecular weight is 268 g/mol. The molecular formula is C14H28N4O. The molecule has 0 unspecified atom stereocenters. The van der Waals surface area contributed by atoms with Crippen molar-refractivity contribution in [2.24, 2.45) is 11.5 Å². The van der Waals surface area contributed by atoms with Crippen LogP contribution < -0.4 is 16.8 Å². The molecule has 0 atom stereocenters. The van der Waals surface area contributed by atoms with Gasteiger partial charge < -0.3 is 21.5 Å². The second kappa shape index (κ2) is 6.82. The van der Waals surface area contributed by atoms with Crippen molar-refractivity contribution in [3.63, 3.8) is 0 Å². The van der Waals surface area contributed by atoms with Crippen LogP contribution in [0.1, 0.15) is 27.2 Å². The van der Waals surface area contributed by atoms with Crippen LogP contribution in [0.3, 0.4) is 0 Å². The molecule has 0 amide bonds. The van der Waals surface area contributed by atoms with Gasteiger partial charge in [-0.25, -0.2) is 0 Å². The number of rotatable bonds is 6. The van der Waals surface area contributed by atoms with Crippen LogP contribution in [0.25, 0.3) is 0 Å². The van der Waals surface area contributed by atoms with Crippen molar-refractivity contribution in [3.8, 4) is 0 Å². The fourth-order valence-electron chi connectivity index (χ4n) is 1.90. The predicted octanol–water partition coefficient (Wildman–Crippen LogP) is 0.738. The first-order valence-corrected chi connectivity index (χ1v) is 6.75. The molecule has 0 aromatic heterocycles. The quantitative estimate of drug-likeness (QED) is 0.619. The van der Waals surface area contributed by atoms with Crippen molar-refractivity contribution in [1.82, 2.24) is 10.2 Å². The van der Waals surface area contributed by atoms with Gasteiger partial charge in [0.05, 0.1) is 11.9 Å². The van der Waals surface area contributed by atoms with Gasteiger partial charge in [0.2, 0.25) is 0 Å². The highest BCUT2D eigenvalue weighted by Gasteiger charge is 2.25. The first-order valence-electron chi connectivity index (χ1n) is 6.75. The molecule has 1 aliphatic rings. The van der Waals surface area contributed by atoms with E-state index in [-0.39, 0.29) is 5.54 Å². The highest BCUT2D eigenvalue weighted by molar-refractivity contribution is 5.14. The Kier molecular flexibility index (Phi) is 5.69. The van der Waals surface area contributed by atoms with Crippen molar-refractivity contribution >= 4 is 0 Å². The number of allylic oxidation sites excluding steroid dienone is 2. The van der Waals surface area contributed by atoms with Gasteiger partial charge in [-0.15, -0.1) is 0 Å². The highest BCUT2D eigenvalue weighted by Crippen LogP contribution is 2.11. The molecule has 0 aliphatic carbocycles. The molecule has 1 aliphatic heterocycles. The van der Waals surface area contributed by atoms with E-state index in [1.807, 2.05) is 12.2 Å². The molecule has 0 aromatic carbocycles. The minimum Gasteiger partial charge on any atom is -0.402 e. The maximum Gasteiger partial charge on any atom is 0.0964 e. The molecule has 1 saturated heterocycles. The van der Waals surface area contributed by atoms with E-state index in [0.717, 1.165) is 31.8 Å². The zero-order valence-corrected chi connectivity index (χ0v) is 12.6. The predicted molar refractivity (Wildman–Crippen MR) is 79.3 cm³/mol. The third-order valence-corrected chi connectivity index (χ3v) is 2.97. The van der Waals surface area contributed by atoms with E-state index < -0.39 is 0 Å². The summed E-state index contributed by atoms with van der Waals surface area (Å²) in [5.41, 5.74) is 12.6. The SMILES string of the molecule is COC1CN(CC/C(N)=C/C=C(\N)NC(C)(C)C)C1. The Morgan fingerprint density at radius 1 is 1.32 bits per heavy atom. The van der Waals surface area contributed by atoms with Gasteiger partial charge in [0, 0.05) is 38.0 Å². The summed E-state index contributed by atoms with van der Waals surface area (Å²) in [5, 5.41) is 3.19. The first kappa shape index (κ1) is 15.9. The van der Waals surface area contributed by atoms with E-state index in [2.05, 4.69) is 31.0 Å². The number of nitrogens with two attached hydrogens (primary N) is 2. The van der Waals surface area contributed by atoms with Gasteiger partial charge in [0.25, 0.3) is 0 Å². The molecular weight excluding hydrogens is 240 g/mol. The molecule has 19 heavy (non-hydrogen) atoms. The Bertz CT molecular complexity index is 338. The lowest BCUT2D eigenvalue weighted by Gasteiger charge is -2.38. The van der Waals surface area contributed by atoms with Gasteiger partial charge in [-0.05, 0) is 39.3 Å². The molecule has 110 valence electrons. The van der Waals surface area contributed by atoms with Gasteiger partial charge in [-0.2, -0.15) is 0 Å². The summed E-state index contributed by atoms with van der Waals surface area (Å²) < 4.78 is 5.23. The molecule has 0 aromatic rings. The maximum atomic E-state index is 5.96.